The number of nitrogens with one attached hydrogen (secondary N) is 1. The molecule has 0 radical (unpaired) electrons. The number of piperidine rings is 1. The van der Waals surface area contributed by atoms with Crippen molar-refractivity contribution in [1.82, 2.24) is 15.5 Å². The standard InChI is InChI=1S/C31H39N5O3/c1-21-18-28(9-4-24(21)20-32)39-27-10-5-25(6-11-27)33-31(38)29-12-13-30(35-34-29)36-16-14-23(15-17-36)19-22-2-7-26(37)8-3-22/h2,4,7,9,12-13,18,22-23,25-27,37H,3,5-6,8,10-11,14-17,19H2,1H3,(H,33,38)/t22-,25?,26-,27?/m1/s1. The molecular formula is C31H39N5O3. The van der Waals surface area contributed by atoms with E-state index in [2.05, 4.69) is 32.6 Å². The molecule has 2 fully saturated rings. The summed E-state index contributed by atoms with van der Waals surface area (Å²) in [7, 11) is 0. The van der Waals surface area contributed by atoms with E-state index in [4.69, 9.17) is 10.00 Å². The number of benzene rings is 1. The molecule has 1 saturated carbocycles. The second-order valence-electron chi connectivity index (χ2n) is 11.4. The van der Waals surface area contributed by atoms with E-state index in [1.807, 2.05) is 31.2 Å². The van der Waals surface area contributed by atoms with Crippen LogP contribution in [0.15, 0.2) is 42.5 Å². The monoisotopic (exact) mass is 529 g/mol. The van der Waals surface area contributed by atoms with Crippen LogP contribution in [-0.2, 0) is 0 Å². The SMILES string of the molecule is Cc1cc(OC2CCC(NC(=O)c3ccc(N4CCC(C[C@@H]5C=C[C@@H](O)CC5)CC4)nn3)CC2)ccc1C#N. The lowest BCUT2D eigenvalue weighted by Gasteiger charge is -2.34. The minimum atomic E-state index is -0.258. The molecule has 1 aromatic carbocycles. The first kappa shape index (κ1) is 27.1. The zero-order valence-corrected chi connectivity index (χ0v) is 22.8. The summed E-state index contributed by atoms with van der Waals surface area (Å²) in [5.41, 5.74) is 1.94. The molecule has 5 rings (SSSR count). The van der Waals surface area contributed by atoms with Gasteiger partial charge in [-0.1, -0.05) is 12.2 Å². The van der Waals surface area contributed by atoms with Crippen molar-refractivity contribution < 1.29 is 14.6 Å². The van der Waals surface area contributed by atoms with Gasteiger partial charge in [0, 0.05) is 19.1 Å². The second-order valence-corrected chi connectivity index (χ2v) is 11.4. The topological polar surface area (TPSA) is 111 Å². The molecule has 1 aliphatic heterocycles. The van der Waals surface area contributed by atoms with Gasteiger partial charge < -0.3 is 20.1 Å². The smallest absolute Gasteiger partial charge is 0.272 e. The Bertz CT molecular complexity index is 1190. The maximum absolute atomic E-state index is 12.8. The number of amides is 1. The molecule has 206 valence electrons. The Morgan fingerprint density at radius 1 is 1.05 bits per heavy atom. The molecule has 0 spiro atoms. The van der Waals surface area contributed by atoms with Gasteiger partial charge in [-0.3, -0.25) is 4.79 Å². The van der Waals surface area contributed by atoms with Crippen molar-refractivity contribution in [2.45, 2.75) is 83.0 Å². The number of hydrogen-bond acceptors (Lipinski definition) is 7. The van der Waals surface area contributed by atoms with Crippen molar-refractivity contribution >= 4 is 11.7 Å². The Kier molecular flexibility index (Phi) is 8.77. The third kappa shape index (κ3) is 7.15. The minimum absolute atomic E-state index is 0.0998. The number of rotatable bonds is 7. The lowest BCUT2D eigenvalue weighted by molar-refractivity contribution is 0.0888. The molecule has 8 heteroatoms. The lowest BCUT2D eigenvalue weighted by atomic mass is 9.82. The summed E-state index contributed by atoms with van der Waals surface area (Å²) in [6.07, 6.45) is 12.9. The highest BCUT2D eigenvalue weighted by Gasteiger charge is 2.26. The summed E-state index contributed by atoms with van der Waals surface area (Å²) >= 11 is 0. The summed E-state index contributed by atoms with van der Waals surface area (Å²) in [5.74, 6) is 2.75. The van der Waals surface area contributed by atoms with Crippen LogP contribution in [0.5, 0.6) is 5.75 Å². The minimum Gasteiger partial charge on any atom is -0.490 e. The Morgan fingerprint density at radius 3 is 2.49 bits per heavy atom. The average molecular weight is 530 g/mol. The van der Waals surface area contributed by atoms with Gasteiger partial charge in [-0.2, -0.15) is 5.26 Å². The van der Waals surface area contributed by atoms with Crippen molar-refractivity contribution in [3.8, 4) is 11.8 Å². The molecule has 3 aliphatic rings. The van der Waals surface area contributed by atoms with Gasteiger partial charge in [0.25, 0.3) is 5.91 Å². The van der Waals surface area contributed by atoms with Crippen molar-refractivity contribution in [1.29, 1.82) is 5.26 Å². The van der Waals surface area contributed by atoms with E-state index in [0.717, 1.165) is 81.6 Å². The van der Waals surface area contributed by atoms with Crippen molar-refractivity contribution in [3.05, 3.63) is 59.3 Å². The number of hydrogen-bond donors (Lipinski definition) is 2. The Morgan fingerprint density at radius 2 is 1.85 bits per heavy atom. The molecule has 1 saturated heterocycles. The van der Waals surface area contributed by atoms with Gasteiger partial charge in [0.1, 0.15) is 5.75 Å². The van der Waals surface area contributed by atoms with Gasteiger partial charge in [0.05, 0.1) is 23.8 Å². The quantitative estimate of drug-likeness (QED) is 0.500. The van der Waals surface area contributed by atoms with Gasteiger partial charge in [-0.05, 0) is 112 Å². The van der Waals surface area contributed by atoms with Crippen LogP contribution in [0.3, 0.4) is 0 Å². The highest BCUT2D eigenvalue weighted by Crippen LogP contribution is 2.31. The van der Waals surface area contributed by atoms with Gasteiger partial charge >= 0.3 is 0 Å². The average Bonchev–Trinajstić information content (AvgIpc) is 2.96. The summed E-state index contributed by atoms with van der Waals surface area (Å²) in [6.45, 7) is 3.83. The number of allylic oxidation sites excluding steroid dienone is 1. The maximum Gasteiger partial charge on any atom is 0.272 e. The van der Waals surface area contributed by atoms with E-state index < -0.39 is 0 Å². The highest BCUT2D eigenvalue weighted by molar-refractivity contribution is 5.92. The van der Waals surface area contributed by atoms with Crippen LogP contribution in [0.2, 0.25) is 0 Å². The largest absolute Gasteiger partial charge is 0.490 e. The van der Waals surface area contributed by atoms with Gasteiger partial charge in [-0.15, -0.1) is 10.2 Å². The molecule has 2 aromatic rings. The first-order valence-corrected chi connectivity index (χ1v) is 14.4. The number of aliphatic hydroxyl groups excluding tert-OH is 1. The van der Waals surface area contributed by atoms with E-state index in [1.165, 1.54) is 6.42 Å². The fraction of sp³-hybridized carbons (Fsp3) is 0.548. The number of aromatic nitrogens is 2. The molecule has 2 heterocycles. The molecule has 39 heavy (non-hydrogen) atoms. The molecule has 0 bridgehead atoms. The van der Waals surface area contributed by atoms with Crippen molar-refractivity contribution in [2.75, 3.05) is 18.0 Å². The number of aliphatic hydroxyl groups is 1. The summed E-state index contributed by atoms with van der Waals surface area (Å²) < 4.78 is 6.13. The maximum atomic E-state index is 12.8. The van der Waals surface area contributed by atoms with Gasteiger partial charge in [0.2, 0.25) is 0 Å². The molecule has 2 aliphatic carbocycles. The number of anilines is 1. The Hall–Kier alpha value is -3.44. The van der Waals surface area contributed by atoms with E-state index in [0.29, 0.717) is 23.1 Å². The van der Waals surface area contributed by atoms with Crippen LogP contribution < -0.4 is 15.0 Å². The highest BCUT2D eigenvalue weighted by atomic mass is 16.5. The number of carbonyl (C=O) groups excluding carboxylic acids is 1. The van der Waals surface area contributed by atoms with Gasteiger partial charge in [-0.25, -0.2) is 0 Å². The van der Waals surface area contributed by atoms with E-state index in [9.17, 15) is 9.90 Å². The van der Waals surface area contributed by atoms with Crippen LogP contribution in [0.4, 0.5) is 5.82 Å². The Labute approximate surface area is 231 Å². The van der Waals surface area contributed by atoms with Crippen molar-refractivity contribution in [2.24, 2.45) is 11.8 Å². The van der Waals surface area contributed by atoms with Crippen LogP contribution in [-0.4, -0.2) is 52.6 Å². The zero-order chi connectivity index (χ0) is 27.2. The second kappa shape index (κ2) is 12.6. The predicted molar refractivity (Wildman–Crippen MR) is 149 cm³/mol. The lowest BCUT2D eigenvalue weighted by Crippen LogP contribution is -2.40. The van der Waals surface area contributed by atoms with Crippen LogP contribution in [0.25, 0.3) is 0 Å². The van der Waals surface area contributed by atoms with Crippen LogP contribution >= 0.6 is 0 Å². The number of carbonyl (C=O) groups is 1. The van der Waals surface area contributed by atoms with Crippen LogP contribution in [0.1, 0.15) is 79.4 Å². The fourth-order valence-corrected chi connectivity index (χ4v) is 6.11. The molecule has 2 atom stereocenters. The normalized spacial score (nSPS) is 25.6. The van der Waals surface area contributed by atoms with E-state index >= 15 is 0 Å². The third-order valence-corrected chi connectivity index (χ3v) is 8.53. The molecule has 1 aromatic heterocycles. The summed E-state index contributed by atoms with van der Waals surface area (Å²) in [5, 5.41) is 30.5. The van der Waals surface area contributed by atoms with Crippen molar-refractivity contribution in [3.63, 3.8) is 0 Å². The summed E-state index contributed by atoms with van der Waals surface area (Å²) in [4.78, 5) is 15.1. The molecule has 8 nitrogen and oxygen atoms in total. The number of nitrogens with zero attached hydrogens (tertiary/aromatic N) is 4. The first-order valence-electron chi connectivity index (χ1n) is 14.4. The number of ether oxygens (including phenoxy) is 1. The Balaban J connectivity index is 1.04. The third-order valence-electron chi connectivity index (χ3n) is 8.53. The van der Waals surface area contributed by atoms with E-state index in [-0.39, 0.29) is 24.2 Å². The number of aryl methyl sites for hydroxylation is 1. The first-order chi connectivity index (χ1) is 19.0. The summed E-state index contributed by atoms with van der Waals surface area (Å²) in [6, 6.07) is 11.5. The molecule has 2 N–H and O–H groups in total. The van der Waals surface area contributed by atoms with Gasteiger partial charge in [0.15, 0.2) is 11.5 Å². The number of nitriles is 1. The van der Waals surface area contributed by atoms with Crippen LogP contribution in [0, 0.1) is 30.1 Å². The molecule has 1 amide bonds. The molecular weight excluding hydrogens is 490 g/mol. The molecule has 0 unspecified atom stereocenters. The zero-order valence-electron chi connectivity index (χ0n) is 22.8. The predicted octanol–water partition coefficient (Wildman–Crippen LogP) is 4.71. The fourth-order valence-electron chi connectivity index (χ4n) is 6.11. The van der Waals surface area contributed by atoms with E-state index in [1.54, 1.807) is 12.1 Å².